The van der Waals surface area contributed by atoms with E-state index < -0.39 is 5.97 Å². The highest BCUT2D eigenvalue weighted by Gasteiger charge is 2.22. The maximum Gasteiger partial charge on any atom is 0.310 e. The summed E-state index contributed by atoms with van der Waals surface area (Å²) in [5.74, 6) is 1.51. The standard InChI is InChI=1S/C20H26ClN5O3/c1-25-8-10-26(11-9-25)20-23-18(21)16(12-17(27)29-3)19(24-20)22-13-14-4-6-15(28-2)7-5-14/h4-7H,8-13H2,1-3H3,(H,22,23,24). The number of methoxy groups -OCH3 is 2. The van der Waals surface area contributed by atoms with Crippen LogP contribution in [0.2, 0.25) is 5.15 Å². The number of nitrogens with zero attached hydrogens (tertiary/aromatic N) is 4. The average Bonchev–Trinajstić information content (AvgIpc) is 2.74. The molecule has 0 saturated carbocycles. The highest BCUT2D eigenvalue weighted by Crippen LogP contribution is 2.26. The van der Waals surface area contributed by atoms with Gasteiger partial charge in [-0.05, 0) is 24.7 Å². The zero-order chi connectivity index (χ0) is 20.8. The lowest BCUT2D eigenvalue weighted by Gasteiger charge is -2.32. The summed E-state index contributed by atoms with van der Waals surface area (Å²) in [6.07, 6.45) is 0.00327. The van der Waals surface area contributed by atoms with Crippen LogP contribution in [-0.2, 0) is 22.5 Å². The molecule has 0 amide bonds. The van der Waals surface area contributed by atoms with E-state index in [1.54, 1.807) is 7.11 Å². The van der Waals surface area contributed by atoms with Gasteiger partial charge in [0.25, 0.3) is 0 Å². The van der Waals surface area contributed by atoms with Crippen LogP contribution in [-0.4, -0.2) is 68.3 Å². The molecule has 1 aliphatic rings. The lowest BCUT2D eigenvalue weighted by Crippen LogP contribution is -2.45. The second kappa shape index (κ2) is 9.76. The quantitative estimate of drug-likeness (QED) is 0.540. The van der Waals surface area contributed by atoms with Crippen LogP contribution in [0.3, 0.4) is 0 Å². The Morgan fingerprint density at radius 1 is 1.14 bits per heavy atom. The molecule has 1 fully saturated rings. The van der Waals surface area contributed by atoms with Crippen molar-refractivity contribution in [3.63, 3.8) is 0 Å². The Morgan fingerprint density at radius 2 is 1.83 bits per heavy atom. The van der Waals surface area contributed by atoms with Gasteiger partial charge < -0.3 is 24.6 Å². The molecule has 0 spiro atoms. The lowest BCUT2D eigenvalue weighted by atomic mass is 10.2. The van der Waals surface area contributed by atoms with Gasteiger partial charge in [0.15, 0.2) is 0 Å². The molecule has 2 heterocycles. The first-order valence-electron chi connectivity index (χ1n) is 9.43. The van der Waals surface area contributed by atoms with Gasteiger partial charge in [-0.1, -0.05) is 23.7 Å². The van der Waals surface area contributed by atoms with Gasteiger partial charge in [-0.25, -0.2) is 4.98 Å². The zero-order valence-electron chi connectivity index (χ0n) is 16.9. The number of aromatic nitrogens is 2. The van der Waals surface area contributed by atoms with Crippen molar-refractivity contribution in [2.45, 2.75) is 13.0 Å². The highest BCUT2D eigenvalue weighted by atomic mass is 35.5. The third-order valence-corrected chi connectivity index (χ3v) is 5.21. The molecule has 0 bridgehead atoms. The van der Waals surface area contributed by atoms with E-state index in [9.17, 15) is 4.79 Å². The van der Waals surface area contributed by atoms with Crippen LogP contribution in [0.1, 0.15) is 11.1 Å². The number of nitrogens with one attached hydrogen (secondary N) is 1. The van der Waals surface area contributed by atoms with E-state index in [-0.39, 0.29) is 11.6 Å². The summed E-state index contributed by atoms with van der Waals surface area (Å²) in [5, 5.41) is 3.57. The second-order valence-electron chi connectivity index (χ2n) is 6.89. The summed E-state index contributed by atoms with van der Waals surface area (Å²) >= 11 is 6.45. The molecule has 1 saturated heterocycles. The minimum Gasteiger partial charge on any atom is -0.497 e. The van der Waals surface area contributed by atoms with E-state index in [4.69, 9.17) is 21.1 Å². The second-order valence-corrected chi connectivity index (χ2v) is 7.24. The fourth-order valence-corrected chi connectivity index (χ4v) is 3.27. The fraction of sp³-hybridized carbons (Fsp3) is 0.450. The van der Waals surface area contributed by atoms with Crippen molar-refractivity contribution in [2.24, 2.45) is 0 Å². The van der Waals surface area contributed by atoms with Gasteiger partial charge in [0.05, 0.1) is 20.6 Å². The highest BCUT2D eigenvalue weighted by molar-refractivity contribution is 6.30. The van der Waals surface area contributed by atoms with Crippen molar-refractivity contribution in [2.75, 3.05) is 57.7 Å². The number of carbonyl (C=O) groups is 1. The molecule has 29 heavy (non-hydrogen) atoms. The summed E-state index contributed by atoms with van der Waals surface area (Å²) in [4.78, 5) is 25.4. The molecule has 0 aliphatic carbocycles. The van der Waals surface area contributed by atoms with Crippen molar-refractivity contribution in [3.05, 3.63) is 40.5 Å². The monoisotopic (exact) mass is 419 g/mol. The smallest absolute Gasteiger partial charge is 0.310 e. The van der Waals surface area contributed by atoms with Gasteiger partial charge in [-0.2, -0.15) is 4.98 Å². The molecule has 9 heteroatoms. The van der Waals surface area contributed by atoms with Crippen molar-refractivity contribution >= 4 is 29.3 Å². The molecule has 1 aliphatic heterocycles. The normalized spacial score (nSPS) is 14.6. The van der Waals surface area contributed by atoms with Crippen LogP contribution >= 0.6 is 11.6 Å². The Morgan fingerprint density at radius 3 is 2.45 bits per heavy atom. The molecular weight excluding hydrogens is 394 g/mol. The molecule has 1 N–H and O–H groups in total. The summed E-state index contributed by atoms with van der Waals surface area (Å²) < 4.78 is 9.99. The van der Waals surface area contributed by atoms with Crippen LogP contribution in [0.25, 0.3) is 0 Å². The first-order valence-corrected chi connectivity index (χ1v) is 9.81. The van der Waals surface area contributed by atoms with Crippen LogP contribution in [0.5, 0.6) is 5.75 Å². The number of hydrogen-bond acceptors (Lipinski definition) is 8. The molecule has 0 radical (unpaired) electrons. The number of anilines is 2. The van der Waals surface area contributed by atoms with E-state index >= 15 is 0 Å². The lowest BCUT2D eigenvalue weighted by molar-refractivity contribution is -0.139. The van der Waals surface area contributed by atoms with E-state index in [2.05, 4.69) is 32.1 Å². The van der Waals surface area contributed by atoms with Crippen molar-refractivity contribution in [1.82, 2.24) is 14.9 Å². The minimum absolute atomic E-state index is 0.00327. The first kappa shape index (κ1) is 21.1. The molecule has 156 valence electrons. The zero-order valence-corrected chi connectivity index (χ0v) is 17.7. The van der Waals surface area contributed by atoms with Crippen LogP contribution in [0.15, 0.2) is 24.3 Å². The number of benzene rings is 1. The Kier molecular flexibility index (Phi) is 7.11. The van der Waals surface area contributed by atoms with Gasteiger partial charge in [0.1, 0.15) is 16.7 Å². The Bertz CT molecular complexity index is 839. The van der Waals surface area contributed by atoms with E-state index in [0.29, 0.717) is 23.9 Å². The summed E-state index contributed by atoms with van der Waals surface area (Å²) in [7, 11) is 5.07. The van der Waals surface area contributed by atoms with Gasteiger partial charge in [0.2, 0.25) is 5.95 Å². The van der Waals surface area contributed by atoms with Gasteiger partial charge in [0, 0.05) is 38.3 Å². The van der Waals surface area contributed by atoms with E-state index in [1.165, 1.54) is 7.11 Å². The maximum absolute atomic E-state index is 11.9. The fourth-order valence-electron chi connectivity index (χ4n) is 3.04. The molecule has 2 aromatic rings. The van der Waals surface area contributed by atoms with E-state index in [1.807, 2.05) is 24.3 Å². The first-order chi connectivity index (χ1) is 14.0. The van der Waals surface area contributed by atoms with Gasteiger partial charge in [-0.3, -0.25) is 4.79 Å². The van der Waals surface area contributed by atoms with E-state index in [0.717, 1.165) is 37.5 Å². The number of ether oxygens (including phenoxy) is 2. The molecule has 1 aromatic carbocycles. The third-order valence-electron chi connectivity index (χ3n) is 4.90. The van der Waals surface area contributed by atoms with Crippen LogP contribution in [0.4, 0.5) is 11.8 Å². The predicted octanol–water partition coefficient (Wildman–Crippen LogP) is 2.22. The number of esters is 1. The summed E-state index contributed by atoms with van der Waals surface area (Å²) in [6.45, 7) is 4.02. The van der Waals surface area contributed by atoms with Crippen LogP contribution < -0.4 is 15.0 Å². The Hall–Kier alpha value is -2.58. The molecule has 3 rings (SSSR count). The number of halogens is 1. The van der Waals surface area contributed by atoms with Crippen LogP contribution in [0, 0.1) is 0 Å². The number of carbonyl (C=O) groups excluding carboxylic acids is 1. The average molecular weight is 420 g/mol. The van der Waals surface area contributed by atoms with Crippen molar-refractivity contribution < 1.29 is 14.3 Å². The maximum atomic E-state index is 11.9. The predicted molar refractivity (Wildman–Crippen MR) is 113 cm³/mol. The molecule has 1 aromatic heterocycles. The SMILES string of the molecule is COC(=O)Cc1c(Cl)nc(N2CCN(C)CC2)nc1NCc1ccc(OC)cc1. The number of likely N-dealkylation sites (N-methyl/N-ethyl adjacent to an activating group) is 1. The minimum atomic E-state index is -0.393. The Labute approximate surface area is 175 Å². The number of hydrogen-bond donors (Lipinski definition) is 1. The van der Waals surface area contributed by atoms with Crippen molar-refractivity contribution in [3.8, 4) is 5.75 Å². The van der Waals surface area contributed by atoms with Gasteiger partial charge >= 0.3 is 5.97 Å². The molecular formula is C20H26ClN5O3. The largest absolute Gasteiger partial charge is 0.497 e. The number of rotatable bonds is 7. The summed E-state index contributed by atoms with van der Waals surface area (Å²) in [5.41, 5.74) is 1.58. The molecule has 8 nitrogen and oxygen atoms in total. The third kappa shape index (κ3) is 5.48. The molecule has 0 unspecified atom stereocenters. The number of piperazine rings is 1. The molecule has 0 atom stereocenters. The Balaban J connectivity index is 1.84. The summed E-state index contributed by atoms with van der Waals surface area (Å²) in [6, 6.07) is 7.73. The van der Waals surface area contributed by atoms with Crippen molar-refractivity contribution in [1.29, 1.82) is 0 Å². The van der Waals surface area contributed by atoms with Gasteiger partial charge in [-0.15, -0.1) is 0 Å². The topological polar surface area (TPSA) is 79.8 Å².